The van der Waals surface area contributed by atoms with Crippen LogP contribution in [-0.2, 0) is 19.4 Å². The Balaban J connectivity index is 1.68. The number of hydrogen-bond donors (Lipinski definition) is 0. The monoisotopic (exact) mass is 287 g/mol. The summed E-state index contributed by atoms with van der Waals surface area (Å²) in [5, 5.41) is 8.84. The average molecular weight is 287 g/mol. The van der Waals surface area contributed by atoms with E-state index in [-0.39, 0.29) is 0 Å². The first-order valence-electron chi connectivity index (χ1n) is 7.37. The Bertz CT molecular complexity index is 764. The predicted octanol–water partition coefficient (Wildman–Crippen LogP) is 3.59. The van der Waals surface area contributed by atoms with Crippen LogP contribution < -0.4 is 0 Å². The molecular weight excluding hydrogens is 270 g/mol. The molecule has 3 rings (SSSR count). The Labute approximate surface area is 130 Å². The van der Waals surface area contributed by atoms with Crippen molar-refractivity contribution in [1.82, 2.24) is 9.55 Å². The fourth-order valence-electron chi connectivity index (χ4n) is 2.50. The third-order valence-electron chi connectivity index (χ3n) is 3.75. The fourth-order valence-corrected chi connectivity index (χ4v) is 2.50. The largest absolute Gasteiger partial charge is 0.330 e. The molecule has 0 N–H and O–H groups in total. The summed E-state index contributed by atoms with van der Waals surface area (Å²) in [6.45, 7) is 0.788. The minimum Gasteiger partial charge on any atom is -0.330 e. The molecule has 0 amide bonds. The minimum atomic E-state index is 0.693. The van der Waals surface area contributed by atoms with E-state index in [0.29, 0.717) is 5.56 Å². The molecule has 0 saturated carbocycles. The highest BCUT2D eigenvalue weighted by Gasteiger charge is 2.04. The maximum Gasteiger partial charge on any atom is 0.0991 e. The van der Waals surface area contributed by atoms with Crippen molar-refractivity contribution in [3.05, 3.63) is 89.5 Å². The number of aromatic nitrogens is 2. The highest BCUT2D eigenvalue weighted by atomic mass is 15.0. The van der Waals surface area contributed by atoms with Gasteiger partial charge in [-0.05, 0) is 36.1 Å². The van der Waals surface area contributed by atoms with Crippen LogP contribution in [0, 0.1) is 11.3 Å². The van der Waals surface area contributed by atoms with Crippen LogP contribution >= 0.6 is 0 Å². The van der Waals surface area contributed by atoms with Gasteiger partial charge in [0.15, 0.2) is 0 Å². The molecule has 0 saturated heterocycles. The van der Waals surface area contributed by atoms with E-state index in [1.54, 1.807) is 0 Å². The second-order valence-corrected chi connectivity index (χ2v) is 5.31. The zero-order valence-corrected chi connectivity index (χ0v) is 12.3. The van der Waals surface area contributed by atoms with Gasteiger partial charge in [0.05, 0.1) is 18.0 Å². The first-order chi connectivity index (χ1) is 10.8. The van der Waals surface area contributed by atoms with Crippen LogP contribution in [0.2, 0.25) is 0 Å². The summed E-state index contributed by atoms with van der Waals surface area (Å²) in [4.78, 5) is 4.27. The summed E-state index contributed by atoms with van der Waals surface area (Å²) in [5.41, 5.74) is 4.44. The molecule has 0 aliphatic heterocycles. The highest BCUT2D eigenvalue weighted by molar-refractivity contribution is 5.31. The van der Waals surface area contributed by atoms with Gasteiger partial charge in [-0.1, -0.05) is 42.5 Å². The molecule has 2 aromatic carbocycles. The normalized spacial score (nSPS) is 10.3. The first-order valence-corrected chi connectivity index (χ1v) is 7.37. The van der Waals surface area contributed by atoms with Crippen molar-refractivity contribution in [2.45, 2.75) is 19.4 Å². The highest BCUT2D eigenvalue weighted by Crippen LogP contribution is 2.11. The fraction of sp³-hybridized carbons (Fsp3) is 0.158. The van der Waals surface area contributed by atoms with Crippen LogP contribution in [0.3, 0.4) is 0 Å². The number of rotatable bonds is 5. The van der Waals surface area contributed by atoms with E-state index in [1.807, 2.05) is 42.9 Å². The third-order valence-corrected chi connectivity index (χ3v) is 3.75. The lowest BCUT2D eigenvalue weighted by molar-refractivity contribution is 0.729. The van der Waals surface area contributed by atoms with E-state index >= 15 is 0 Å². The number of benzene rings is 2. The van der Waals surface area contributed by atoms with Crippen LogP contribution in [-0.4, -0.2) is 9.55 Å². The predicted molar refractivity (Wildman–Crippen MR) is 86.3 cm³/mol. The minimum absolute atomic E-state index is 0.693. The van der Waals surface area contributed by atoms with Crippen molar-refractivity contribution in [3.8, 4) is 6.07 Å². The van der Waals surface area contributed by atoms with Crippen LogP contribution in [0.1, 0.15) is 22.4 Å². The molecule has 0 aliphatic carbocycles. The van der Waals surface area contributed by atoms with Gasteiger partial charge in [0.1, 0.15) is 0 Å². The van der Waals surface area contributed by atoms with E-state index in [2.05, 4.69) is 39.9 Å². The molecule has 1 heterocycles. The number of nitrogens with zero attached hydrogens (tertiary/aromatic N) is 3. The van der Waals surface area contributed by atoms with Crippen molar-refractivity contribution in [2.75, 3.05) is 0 Å². The van der Waals surface area contributed by atoms with Gasteiger partial charge in [0.2, 0.25) is 0 Å². The molecular formula is C19H17N3. The van der Waals surface area contributed by atoms with Crippen LogP contribution in [0.25, 0.3) is 0 Å². The molecule has 108 valence electrons. The average Bonchev–Trinajstić information content (AvgIpc) is 3.02. The maximum atomic E-state index is 8.84. The SMILES string of the molecule is N#Cc1ccc(Cn2cncc2CCc2ccccc2)cc1. The van der Waals surface area contributed by atoms with Gasteiger partial charge in [-0.25, -0.2) is 4.98 Å². The molecule has 3 nitrogen and oxygen atoms in total. The first kappa shape index (κ1) is 14.1. The van der Waals surface area contributed by atoms with Gasteiger partial charge < -0.3 is 4.57 Å². The summed E-state index contributed by atoms with van der Waals surface area (Å²) in [5.74, 6) is 0. The van der Waals surface area contributed by atoms with E-state index < -0.39 is 0 Å². The Kier molecular flexibility index (Phi) is 4.31. The van der Waals surface area contributed by atoms with Crippen LogP contribution in [0.5, 0.6) is 0 Å². The quantitative estimate of drug-likeness (QED) is 0.719. The molecule has 1 aromatic heterocycles. The van der Waals surface area contributed by atoms with Gasteiger partial charge in [-0.15, -0.1) is 0 Å². The number of imidazole rings is 1. The Hall–Kier alpha value is -2.86. The van der Waals surface area contributed by atoms with E-state index in [4.69, 9.17) is 5.26 Å². The molecule has 0 aliphatic rings. The Morgan fingerprint density at radius 2 is 1.68 bits per heavy atom. The zero-order chi connectivity index (χ0) is 15.2. The van der Waals surface area contributed by atoms with Crippen LogP contribution in [0.4, 0.5) is 0 Å². The topological polar surface area (TPSA) is 41.6 Å². The molecule has 0 atom stereocenters. The molecule has 0 fully saturated rings. The van der Waals surface area contributed by atoms with Crippen molar-refractivity contribution in [1.29, 1.82) is 5.26 Å². The lowest BCUT2D eigenvalue weighted by Gasteiger charge is -2.08. The van der Waals surface area contributed by atoms with Gasteiger partial charge in [0, 0.05) is 18.4 Å². The van der Waals surface area contributed by atoms with E-state index in [0.717, 1.165) is 19.4 Å². The molecule has 0 spiro atoms. The molecule has 3 heteroatoms. The van der Waals surface area contributed by atoms with E-state index in [1.165, 1.54) is 16.8 Å². The number of nitriles is 1. The Morgan fingerprint density at radius 3 is 2.41 bits per heavy atom. The summed E-state index contributed by atoms with van der Waals surface area (Å²) in [6, 6.07) is 20.4. The van der Waals surface area contributed by atoms with Gasteiger partial charge in [0.25, 0.3) is 0 Å². The molecule has 0 unspecified atom stereocenters. The van der Waals surface area contributed by atoms with Crippen molar-refractivity contribution < 1.29 is 0 Å². The second kappa shape index (κ2) is 6.73. The molecule has 22 heavy (non-hydrogen) atoms. The lowest BCUT2D eigenvalue weighted by Crippen LogP contribution is -2.04. The van der Waals surface area contributed by atoms with Crippen molar-refractivity contribution >= 4 is 0 Å². The standard InChI is InChI=1S/C19H17N3/c20-12-17-6-8-18(9-7-17)14-22-15-21-13-19(22)11-10-16-4-2-1-3-5-16/h1-9,13,15H,10-11,14H2. The molecule has 3 aromatic rings. The smallest absolute Gasteiger partial charge is 0.0991 e. The maximum absolute atomic E-state index is 8.84. The van der Waals surface area contributed by atoms with Gasteiger partial charge in [-0.2, -0.15) is 5.26 Å². The van der Waals surface area contributed by atoms with E-state index in [9.17, 15) is 0 Å². The van der Waals surface area contributed by atoms with Gasteiger partial charge >= 0.3 is 0 Å². The summed E-state index contributed by atoms with van der Waals surface area (Å²) in [6.07, 6.45) is 5.80. The summed E-state index contributed by atoms with van der Waals surface area (Å²) in [7, 11) is 0. The number of aryl methyl sites for hydroxylation is 2. The second-order valence-electron chi connectivity index (χ2n) is 5.31. The lowest BCUT2D eigenvalue weighted by atomic mass is 10.1. The van der Waals surface area contributed by atoms with Crippen molar-refractivity contribution in [2.24, 2.45) is 0 Å². The van der Waals surface area contributed by atoms with Crippen LogP contribution in [0.15, 0.2) is 67.1 Å². The number of hydrogen-bond acceptors (Lipinski definition) is 2. The molecule has 0 radical (unpaired) electrons. The van der Waals surface area contributed by atoms with Crippen molar-refractivity contribution in [3.63, 3.8) is 0 Å². The summed E-state index contributed by atoms with van der Waals surface area (Å²) >= 11 is 0. The third kappa shape index (κ3) is 3.42. The molecule has 0 bridgehead atoms. The zero-order valence-electron chi connectivity index (χ0n) is 12.3. The van der Waals surface area contributed by atoms with Gasteiger partial charge in [-0.3, -0.25) is 0 Å². The summed E-state index contributed by atoms with van der Waals surface area (Å²) < 4.78 is 2.17. The Morgan fingerprint density at radius 1 is 0.909 bits per heavy atom.